The topological polar surface area (TPSA) is 37.9 Å². The van der Waals surface area contributed by atoms with Crippen LogP contribution in [-0.4, -0.2) is 17.3 Å². The molecule has 1 aromatic heterocycles. The van der Waals surface area contributed by atoms with E-state index in [2.05, 4.69) is 37.0 Å². The van der Waals surface area contributed by atoms with Gasteiger partial charge in [-0.25, -0.2) is 0 Å². The van der Waals surface area contributed by atoms with Gasteiger partial charge < -0.3 is 4.74 Å². The van der Waals surface area contributed by atoms with E-state index in [1.54, 1.807) is 7.11 Å². The molecule has 112 valence electrons. The predicted octanol–water partition coefficient (Wildman–Crippen LogP) is 4.72. The van der Waals surface area contributed by atoms with E-state index in [-0.39, 0.29) is 0 Å². The standard InChI is InChI=1S/C18H24N2O/c1-11(2)13-10-9-12(3)16-17(13)19-20-18(16)14-7-5-6-8-15(14)21-4/h5-8,11-13H,9-10H2,1-4H3,(H,19,20)/t12-,13-/m0/s1. The van der Waals surface area contributed by atoms with Crippen LogP contribution in [0.5, 0.6) is 5.75 Å². The Balaban J connectivity index is 2.14. The van der Waals surface area contributed by atoms with Gasteiger partial charge in [-0.1, -0.05) is 32.9 Å². The van der Waals surface area contributed by atoms with E-state index >= 15 is 0 Å². The summed E-state index contributed by atoms with van der Waals surface area (Å²) in [6.45, 7) is 6.91. The minimum absolute atomic E-state index is 0.550. The van der Waals surface area contributed by atoms with Crippen molar-refractivity contribution in [1.82, 2.24) is 10.2 Å². The second-order valence-electron chi connectivity index (χ2n) is 6.43. The Morgan fingerprint density at radius 1 is 1.24 bits per heavy atom. The highest BCUT2D eigenvalue weighted by Gasteiger charge is 2.32. The van der Waals surface area contributed by atoms with E-state index in [9.17, 15) is 0 Å². The van der Waals surface area contributed by atoms with Crippen LogP contribution >= 0.6 is 0 Å². The fourth-order valence-electron chi connectivity index (χ4n) is 3.58. The number of rotatable bonds is 3. The molecule has 3 rings (SSSR count). The Kier molecular flexibility index (Phi) is 3.75. The second-order valence-corrected chi connectivity index (χ2v) is 6.43. The molecule has 3 heteroatoms. The summed E-state index contributed by atoms with van der Waals surface area (Å²) < 4.78 is 5.52. The number of aromatic amines is 1. The first-order chi connectivity index (χ1) is 10.1. The van der Waals surface area contributed by atoms with E-state index in [0.717, 1.165) is 17.0 Å². The van der Waals surface area contributed by atoms with E-state index in [1.165, 1.54) is 24.1 Å². The van der Waals surface area contributed by atoms with Crippen molar-refractivity contribution in [1.29, 1.82) is 0 Å². The van der Waals surface area contributed by atoms with Crippen molar-refractivity contribution < 1.29 is 4.74 Å². The number of H-pyrrole nitrogens is 1. The number of nitrogens with one attached hydrogen (secondary N) is 1. The van der Waals surface area contributed by atoms with Gasteiger partial charge in [0.15, 0.2) is 0 Å². The highest BCUT2D eigenvalue weighted by atomic mass is 16.5. The predicted molar refractivity (Wildman–Crippen MR) is 85.8 cm³/mol. The highest BCUT2D eigenvalue weighted by Crippen LogP contribution is 2.46. The van der Waals surface area contributed by atoms with Gasteiger partial charge in [0, 0.05) is 22.7 Å². The Morgan fingerprint density at radius 3 is 2.71 bits per heavy atom. The van der Waals surface area contributed by atoms with Gasteiger partial charge in [-0.05, 0) is 36.8 Å². The lowest BCUT2D eigenvalue weighted by Gasteiger charge is -2.29. The maximum Gasteiger partial charge on any atom is 0.128 e. The number of aromatic nitrogens is 2. The van der Waals surface area contributed by atoms with Crippen molar-refractivity contribution in [2.24, 2.45) is 5.92 Å². The summed E-state index contributed by atoms with van der Waals surface area (Å²) in [4.78, 5) is 0. The minimum atomic E-state index is 0.550. The molecule has 2 atom stereocenters. The zero-order chi connectivity index (χ0) is 15.0. The van der Waals surface area contributed by atoms with Crippen molar-refractivity contribution in [3.8, 4) is 17.0 Å². The lowest BCUT2D eigenvalue weighted by Crippen LogP contribution is -2.16. The van der Waals surface area contributed by atoms with Crippen molar-refractivity contribution in [2.45, 2.75) is 45.4 Å². The van der Waals surface area contributed by atoms with E-state index in [4.69, 9.17) is 4.74 Å². The molecule has 3 nitrogen and oxygen atoms in total. The van der Waals surface area contributed by atoms with E-state index in [0.29, 0.717) is 17.8 Å². The van der Waals surface area contributed by atoms with Crippen LogP contribution in [-0.2, 0) is 0 Å². The molecule has 1 aliphatic rings. The lowest BCUT2D eigenvalue weighted by atomic mass is 9.75. The third kappa shape index (κ3) is 2.35. The lowest BCUT2D eigenvalue weighted by molar-refractivity contribution is 0.403. The Bertz CT molecular complexity index is 630. The molecule has 0 fully saturated rings. The van der Waals surface area contributed by atoms with Crippen LogP contribution in [0.4, 0.5) is 0 Å². The molecule has 0 unspecified atom stereocenters. The van der Waals surface area contributed by atoms with Gasteiger partial charge in [-0.2, -0.15) is 5.10 Å². The first-order valence-corrected chi connectivity index (χ1v) is 7.85. The monoisotopic (exact) mass is 284 g/mol. The first kappa shape index (κ1) is 14.2. The number of hydrogen-bond acceptors (Lipinski definition) is 2. The molecule has 1 N–H and O–H groups in total. The molecule has 0 radical (unpaired) electrons. The number of nitrogens with zero attached hydrogens (tertiary/aromatic N) is 1. The maximum atomic E-state index is 5.52. The van der Waals surface area contributed by atoms with Gasteiger partial charge in [-0.3, -0.25) is 5.10 Å². The molecular weight excluding hydrogens is 260 g/mol. The maximum absolute atomic E-state index is 5.52. The number of ether oxygens (including phenoxy) is 1. The molecule has 2 aromatic rings. The van der Waals surface area contributed by atoms with Crippen LogP contribution < -0.4 is 4.74 Å². The zero-order valence-electron chi connectivity index (χ0n) is 13.3. The Hall–Kier alpha value is -1.77. The second kappa shape index (κ2) is 5.55. The largest absolute Gasteiger partial charge is 0.496 e. The summed E-state index contributed by atoms with van der Waals surface area (Å²) in [6, 6.07) is 8.15. The van der Waals surface area contributed by atoms with Gasteiger partial charge >= 0.3 is 0 Å². The van der Waals surface area contributed by atoms with Crippen LogP contribution in [0.25, 0.3) is 11.3 Å². The highest BCUT2D eigenvalue weighted by molar-refractivity contribution is 5.71. The molecule has 0 aliphatic heterocycles. The van der Waals surface area contributed by atoms with Gasteiger partial charge in [0.25, 0.3) is 0 Å². The van der Waals surface area contributed by atoms with E-state index in [1.807, 2.05) is 18.2 Å². The average molecular weight is 284 g/mol. The number of methoxy groups -OCH3 is 1. The Morgan fingerprint density at radius 2 is 2.00 bits per heavy atom. The van der Waals surface area contributed by atoms with Gasteiger partial charge in [-0.15, -0.1) is 0 Å². The molecule has 1 aromatic carbocycles. The first-order valence-electron chi connectivity index (χ1n) is 7.85. The molecule has 0 bridgehead atoms. The van der Waals surface area contributed by atoms with Crippen LogP contribution in [0, 0.1) is 5.92 Å². The van der Waals surface area contributed by atoms with Crippen LogP contribution in [0.3, 0.4) is 0 Å². The number of para-hydroxylation sites is 1. The molecule has 0 amide bonds. The normalized spacial score (nSPS) is 21.4. The smallest absolute Gasteiger partial charge is 0.128 e. The summed E-state index contributed by atoms with van der Waals surface area (Å²) in [5.74, 6) is 2.67. The summed E-state index contributed by atoms with van der Waals surface area (Å²) >= 11 is 0. The van der Waals surface area contributed by atoms with Crippen LogP contribution in [0.2, 0.25) is 0 Å². The van der Waals surface area contributed by atoms with Crippen molar-refractivity contribution in [3.05, 3.63) is 35.5 Å². The average Bonchev–Trinajstić information content (AvgIpc) is 2.92. The third-order valence-electron chi connectivity index (χ3n) is 4.77. The fraction of sp³-hybridized carbons (Fsp3) is 0.500. The number of hydrogen-bond donors (Lipinski definition) is 1. The molecule has 0 saturated carbocycles. The Labute approximate surface area is 126 Å². The molecule has 1 heterocycles. The van der Waals surface area contributed by atoms with Crippen LogP contribution in [0.1, 0.15) is 56.7 Å². The van der Waals surface area contributed by atoms with Gasteiger partial charge in [0.1, 0.15) is 5.75 Å². The van der Waals surface area contributed by atoms with E-state index < -0.39 is 0 Å². The number of fused-ring (bicyclic) bond motifs is 1. The molecule has 0 saturated heterocycles. The molecule has 1 aliphatic carbocycles. The summed E-state index contributed by atoms with van der Waals surface area (Å²) in [6.07, 6.45) is 2.48. The molecule has 21 heavy (non-hydrogen) atoms. The fourth-order valence-corrected chi connectivity index (χ4v) is 3.58. The SMILES string of the molecule is COc1ccccc1-c1n[nH]c2c1[C@@H](C)CC[C@H]2C(C)C. The van der Waals surface area contributed by atoms with Gasteiger partial charge in [0.2, 0.25) is 0 Å². The zero-order valence-corrected chi connectivity index (χ0v) is 13.3. The summed E-state index contributed by atoms with van der Waals surface area (Å²) in [7, 11) is 1.72. The summed E-state index contributed by atoms with van der Waals surface area (Å²) in [5, 5.41) is 7.99. The molecular formula is C18H24N2O. The van der Waals surface area contributed by atoms with Gasteiger partial charge in [0.05, 0.1) is 12.8 Å². The molecule has 0 spiro atoms. The van der Waals surface area contributed by atoms with Crippen molar-refractivity contribution in [2.75, 3.05) is 7.11 Å². The summed E-state index contributed by atoms with van der Waals surface area (Å²) in [5.41, 5.74) is 4.89. The third-order valence-corrected chi connectivity index (χ3v) is 4.77. The van der Waals surface area contributed by atoms with Crippen molar-refractivity contribution in [3.63, 3.8) is 0 Å². The minimum Gasteiger partial charge on any atom is -0.496 e. The number of benzene rings is 1. The van der Waals surface area contributed by atoms with Crippen LogP contribution in [0.15, 0.2) is 24.3 Å². The van der Waals surface area contributed by atoms with Crippen molar-refractivity contribution >= 4 is 0 Å². The quantitative estimate of drug-likeness (QED) is 0.885.